The molecule has 0 bridgehead atoms. The monoisotopic (exact) mass is 273 g/mol. The number of hydrogen-bond donors (Lipinski definition) is 2. The minimum Gasteiger partial charge on any atom is -0.495 e. The zero-order valence-corrected chi connectivity index (χ0v) is 10.5. The van der Waals surface area contributed by atoms with Crippen LogP contribution in [0.1, 0.15) is 18.0 Å². The summed E-state index contributed by atoms with van der Waals surface area (Å²) in [6.45, 7) is 0.315. The maximum Gasteiger partial charge on any atom is 0.307 e. The first kappa shape index (κ1) is 13.1. The molecule has 1 heterocycles. The Bertz CT molecular complexity index is 481. The van der Waals surface area contributed by atoms with Gasteiger partial charge < -0.3 is 15.2 Å². The molecule has 1 saturated heterocycles. The van der Waals surface area contributed by atoms with Crippen molar-refractivity contribution in [3.63, 3.8) is 0 Å². The van der Waals surface area contributed by atoms with Crippen LogP contribution in [0.5, 0.6) is 5.75 Å². The van der Waals surface area contributed by atoms with Crippen LogP contribution in [0.3, 0.4) is 0 Å². The number of nitrogens with one attached hydrogen (secondary N) is 1. The molecule has 0 aliphatic carbocycles. The minimum atomic E-state index is -0.883. The van der Waals surface area contributed by atoms with E-state index in [1.807, 2.05) is 0 Å². The van der Waals surface area contributed by atoms with Gasteiger partial charge in [0, 0.05) is 18.2 Å². The van der Waals surface area contributed by atoms with Gasteiger partial charge in [-0.15, -0.1) is 0 Å². The van der Waals surface area contributed by atoms with Gasteiger partial charge in [-0.05, 0) is 18.6 Å². The summed E-state index contributed by atoms with van der Waals surface area (Å²) in [6.07, 6.45) is 0.322. The van der Waals surface area contributed by atoms with E-state index in [-0.39, 0.29) is 11.8 Å². The van der Waals surface area contributed by atoms with E-state index < -0.39 is 17.7 Å². The predicted octanol–water partition coefficient (Wildman–Crippen LogP) is 2.22. The lowest BCUT2D eigenvalue weighted by Crippen LogP contribution is -2.18. The maximum absolute atomic E-state index is 13.9. The van der Waals surface area contributed by atoms with Crippen LogP contribution >= 0.6 is 11.6 Å². The van der Waals surface area contributed by atoms with Gasteiger partial charge in [0.25, 0.3) is 0 Å². The number of carbonyl (C=O) groups is 1. The summed E-state index contributed by atoms with van der Waals surface area (Å²) in [5.41, 5.74) is 0.300. The smallest absolute Gasteiger partial charge is 0.307 e. The molecule has 18 heavy (non-hydrogen) atoms. The fourth-order valence-electron chi connectivity index (χ4n) is 2.22. The topological polar surface area (TPSA) is 58.6 Å². The number of carboxylic acids is 1. The third-order valence-electron chi connectivity index (χ3n) is 3.13. The molecular formula is C12H13ClFNO3. The van der Waals surface area contributed by atoms with Gasteiger partial charge >= 0.3 is 5.97 Å². The molecule has 0 radical (unpaired) electrons. The molecule has 1 fully saturated rings. The molecular weight excluding hydrogens is 261 g/mol. The molecule has 1 aromatic carbocycles. The van der Waals surface area contributed by atoms with Gasteiger partial charge in [-0.3, -0.25) is 4.79 Å². The Morgan fingerprint density at radius 2 is 2.33 bits per heavy atom. The molecule has 2 N–H and O–H groups in total. The summed E-state index contributed by atoms with van der Waals surface area (Å²) < 4.78 is 19.0. The summed E-state index contributed by atoms with van der Waals surface area (Å²) >= 11 is 5.94. The Morgan fingerprint density at radius 1 is 1.61 bits per heavy atom. The third kappa shape index (κ3) is 2.28. The molecule has 6 heteroatoms. The Kier molecular flexibility index (Phi) is 3.73. The average molecular weight is 274 g/mol. The summed E-state index contributed by atoms with van der Waals surface area (Å²) in [7, 11) is 1.41. The van der Waals surface area contributed by atoms with Crippen LogP contribution in [0.15, 0.2) is 12.1 Å². The first-order valence-corrected chi connectivity index (χ1v) is 5.90. The van der Waals surface area contributed by atoms with E-state index in [9.17, 15) is 9.18 Å². The van der Waals surface area contributed by atoms with Crippen LogP contribution in [0.4, 0.5) is 4.39 Å². The van der Waals surface area contributed by atoms with Crippen molar-refractivity contribution < 1.29 is 19.0 Å². The minimum absolute atomic E-state index is 0.264. The van der Waals surface area contributed by atoms with Gasteiger partial charge in [-0.25, -0.2) is 4.39 Å². The molecule has 1 aliphatic heterocycles. The van der Waals surface area contributed by atoms with Crippen LogP contribution in [-0.2, 0) is 4.79 Å². The summed E-state index contributed by atoms with van der Waals surface area (Å²) in [5.74, 6) is -1.58. The van der Waals surface area contributed by atoms with Crippen molar-refractivity contribution in [2.45, 2.75) is 12.5 Å². The Hall–Kier alpha value is -1.33. The first-order chi connectivity index (χ1) is 8.54. The van der Waals surface area contributed by atoms with Crippen molar-refractivity contribution >= 4 is 17.6 Å². The highest BCUT2D eigenvalue weighted by Gasteiger charge is 2.33. The van der Waals surface area contributed by atoms with E-state index in [0.717, 1.165) is 0 Å². The average Bonchev–Trinajstić information content (AvgIpc) is 2.81. The summed E-state index contributed by atoms with van der Waals surface area (Å²) in [6, 6.07) is 2.29. The standard InChI is InChI=1S/C12H13ClFNO3/c1-18-11-7(13)2-3-8(14)10(11)9-4-6(5-15-9)12(16)17/h2-3,6,9,15H,4-5H2,1H3,(H,16,17). The van der Waals surface area contributed by atoms with Gasteiger partial charge in [0.05, 0.1) is 18.1 Å². The molecule has 1 aromatic rings. The van der Waals surface area contributed by atoms with Gasteiger partial charge in [0.1, 0.15) is 11.6 Å². The molecule has 2 atom stereocenters. The normalized spacial score (nSPS) is 23.1. The highest BCUT2D eigenvalue weighted by Crippen LogP contribution is 2.39. The number of rotatable bonds is 3. The predicted molar refractivity (Wildman–Crippen MR) is 64.4 cm³/mol. The lowest BCUT2D eigenvalue weighted by molar-refractivity contribution is -0.141. The van der Waals surface area contributed by atoms with E-state index in [1.165, 1.54) is 19.2 Å². The molecule has 2 unspecified atom stereocenters. The molecule has 2 rings (SSSR count). The van der Waals surface area contributed by atoms with Crippen LogP contribution in [-0.4, -0.2) is 24.7 Å². The number of carboxylic acid groups (broad SMARTS) is 1. The van der Waals surface area contributed by atoms with Crippen LogP contribution in [0.25, 0.3) is 0 Å². The highest BCUT2D eigenvalue weighted by atomic mass is 35.5. The molecule has 0 spiro atoms. The molecule has 98 valence electrons. The number of benzene rings is 1. The van der Waals surface area contributed by atoms with Crippen molar-refractivity contribution in [3.8, 4) is 5.75 Å². The van der Waals surface area contributed by atoms with Gasteiger partial charge in [-0.2, -0.15) is 0 Å². The second kappa shape index (κ2) is 5.12. The second-order valence-electron chi connectivity index (χ2n) is 4.21. The van der Waals surface area contributed by atoms with Gasteiger partial charge in [0.15, 0.2) is 0 Å². The molecule has 1 aliphatic rings. The van der Waals surface area contributed by atoms with Crippen LogP contribution in [0, 0.1) is 11.7 Å². The quantitative estimate of drug-likeness (QED) is 0.887. The first-order valence-electron chi connectivity index (χ1n) is 5.52. The van der Waals surface area contributed by atoms with Crippen LogP contribution in [0.2, 0.25) is 5.02 Å². The van der Waals surface area contributed by atoms with Crippen LogP contribution < -0.4 is 10.1 Å². The Morgan fingerprint density at radius 3 is 2.89 bits per heavy atom. The van der Waals surface area contributed by atoms with Crippen molar-refractivity contribution in [2.75, 3.05) is 13.7 Å². The fourth-order valence-corrected chi connectivity index (χ4v) is 2.47. The maximum atomic E-state index is 13.9. The van der Waals surface area contributed by atoms with E-state index in [0.29, 0.717) is 23.6 Å². The number of hydrogen-bond acceptors (Lipinski definition) is 3. The van der Waals surface area contributed by atoms with E-state index >= 15 is 0 Å². The third-order valence-corrected chi connectivity index (χ3v) is 3.43. The summed E-state index contributed by atoms with van der Waals surface area (Å²) in [5, 5.41) is 12.2. The lowest BCUT2D eigenvalue weighted by Gasteiger charge is -2.17. The number of ether oxygens (including phenoxy) is 1. The largest absolute Gasteiger partial charge is 0.495 e. The SMILES string of the molecule is COc1c(Cl)ccc(F)c1C1CC(C(=O)O)CN1. The van der Waals surface area contributed by atoms with Crippen molar-refractivity contribution in [3.05, 3.63) is 28.5 Å². The van der Waals surface area contributed by atoms with Gasteiger partial charge in [-0.1, -0.05) is 11.6 Å². The van der Waals surface area contributed by atoms with Gasteiger partial charge in [0.2, 0.25) is 0 Å². The molecule has 0 amide bonds. The Labute approximate surface area is 109 Å². The molecule has 0 aromatic heterocycles. The lowest BCUT2D eigenvalue weighted by atomic mass is 9.99. The molecule has 0 saturated carbocycles. The van der Waals surface area contributed by atoms with E-state index in [4.69, 9.17) is 21.4 Å². The fraction of sp³-hybridized carbons (Fsp3) is 0.417. The van der Waals surface area contributed by atoms with Crippen molar-refractivity contribution in [1.29, 1.82) is 0 Å². The van der Waals surface area contributed by atoms with E-state index in [2.05, 4.69) is 5.32 Å². The number of aliphatic carboxylic acids is 1. The number of methoxy groups -OCH3 is 1. The zero-order valence-electron chi connectivity index (χ0n) is 9.74. The highest BCUT2D eigenvalue weighted by molar-refractivity contribution is 6.32. The zero-order chi connectivity index (χ0) is 13.3. The second-order valence-corrected chi connectivity index (χ2v) is 4.62. The molecule has 4 nitrogen and oxygen atoms in total. The van der Waals surface area contributed by atoms with E-state index in [1.54, 1.807) is 0 Å². The number of halogens is 2. The van der Waals surface area contributed by atoms with Crippen molar-refractivity contribution in [2.24, 2.45) is 5.92 Å². The summed E-state index contributed by atoms with van der Waals surface area (Å²) in [4.78, 5) is 10.9. The van der Waals surface area contributed by atoms with Crippen molar-refractivity contribution in [1.82, 2.24) is 5.32 Å². The Balaban J connectivity index is 2.34.